The van der Waals surface area contributed by atoms with Crippen LogP contribution in [-0.2, 0) is 19.2 Å². The molecule has 6 N–H and O–H groups in total. The fourth-order valence-electron chi connectivity index (χ4n) is 1.51. The zero-order valence-electron chi connectivity index (χ0n) is 13.3. The molecule has 9 nitrogen and oxygen atoms in total. The molecule has 3 unspecified atom stereocenters. The summed E-state index contributed by atoms with van der Waals surface area (Å²) in [6, 6.07) is -2.82. The molecule has 0 aromatic carbocycles. The molecule has 3 atom stereocenters. The van der Waals surface area contributed by atoms with Crippen LogP contribution in [0.2, 0.25) is 0 Å². The largest absolute Gasteiger partial charge is 0.480 e. The van der Waals surface area contributed by atoms with Gasteiger partial charge in [-0.25, -0.2) is 0 Å². The maximum Gasteiger partial charge on any atom is 0.325 e. The average Bonchev–Trinajstić information content (AvgIpc) is 2.48. The molecule has 0 aliphatic heterocycles. The predicted molar refractivity (Wildman–Crippen MR) is 86.8 cm³/mol. The van der Waals surface area contributed by atoms with Gasteiger partial charge in [0.25, 0.3) is 0 Å². The SMILES string of the molecule is CC(NC(=O)C(NC(=O)CNC(=O)C(N)CS)C(C)C)C(=O)O. The fourth-order valence-corrected chi connectivity index (χ4v) is 1.67. The van der Waals surface area contributed by atoms with E-state index < -0.39 is 41.8 Å². The molecule has 3 amide bonds. The topological polar surface area (TPSA) is 151 Å². The molecular formula is C13H24N4O5S. The van der Waals surface area contributed by atoms with Crippen LogP contribution < -0.4 is 21.7 Å². The van der Waals surface area contributed by atoms with Gasteiger partial charge >= 0.3 is 5.97 Å². The van der Waals surface area contributed by atoms with Gasteiger partial charge < -0.3 is 26.8 Å². The smallest absolute Gasteiger partial charge is 0.325 e. The number of thiol groups is 1. The summed E-state index contributed by atoms with van der Waals surface area (Å²) in [5.41, 5.74) is 5.44. The molecular weight excluding hydrogens is 324 g/mol. The summed E-state index contributed by atoms with van der Waals surface area (Å²) in [7, 11) is 0. The summed E-state index contributed by atoms with van der Waals surface area (Å²) in [4.78, 5) is 46.0. The number of nitrogens with one attached hydrogen (secondary N) is 3. The van der Waals surface area contributed by atoms with Crippen LogP contribution in [-0.4, -0.2) is 59.2 Å². The molecule has 0 saturated carbocycles. The summed E-state index contributed by atoms with van der Waals surface area (Å²) in [5.74, 6) is -3.03. The first-order valence-electron chi connectivity index (χ1n) is 7.06. The van der Waals surface area contributed by atoms with E-state index in [4.69, 9.17) is 10.8 Å². The van der Waals surface area contributed by atoms with Crippen molar-refractivity contribution < 1.29 is 24.3 Å². The van der Waals surface area contributed by atoms with Gasteiger partial charge in [0.1, 0.15) is 12.1 Å². The zero-order chi connectivity index (χ0) is 18.2. The molecule has 23 heavy (non-hydrogen) atoms. The Morgan fingerprint density at radius 3 is 2.09 bits per heavy atom. The monoisotopic (exact) mass is 348 g/mol. The fraction of sp³-hybridized carbons (Fsp3) is 0.692. The molecule has 0 heterocycles. The van der Waals surface area contributed by atoms with E-state index in [-0.39, 0.29) is 18.2 Å². The molecule has 0 aromatic heterocycles. The lowest BCUT2D eigenvalue weighted by atomic mass is 10.0. The van der Waals surface area contributed by atoms with E-state index in [9.17, 15) is 19.2 Å². The Hall–Kier alpha value is -1.81. The Labute approximate surface area is 140 Å². The van der Waals surface area contributed by atoms with Crippen LogP contribution in [0, 0.1) is 5.92 Å². The lowest BCUT2D eigenvalue weighted by Gasteiger charge is -2.23. The number of rotatable bonds is 9. The minimum Gasteiger partial charge on any atom is -0.480 e. The van der Waals surface area contributed by atoms with Crippen LogP contribution in [0.3, 0.4) is 0 Å². The van der Waals surface area contributed by atoms with Crippen molar-refractivity contribution in [1.82, 2.24) is 16.0 Å². The van der Waals surface area contributed by atoms with Gasteiger partial charge in [0.15, 0.2) is 0 Å². The van der Waals surface area contributed by atoms with Gasteiger partial charge in [0, 0.05) is 5.75 Å². The van der Waals surface area contributed by atoms with Crippen molar-refractivity contribution in [2.75, 3.05) is 12.3 Å². The van der Waals surface area contributed by atoms with Crippen molar-refractivity contribution in [3.63, 3.8) is 0 Å². The highest BCUT2D eigenvalue weighted by atomic mass is 32.1. The van der Waals surface area contributed by atoms with E-state index in [2.05, 4.69) is 28.6 Å². The molecule has 132 valence electrons. The molecule has 0 saturated heterocycles. The minimum absolute atomic E-state index is 0.136. The van der Waals surface area contributed by atoms with Crippen LogP contribution in [0.25, 0.3) is 0 Å². The molecule has 0 rings (SSSR count). The molecule has 0 fully saturated rings. The Morgan fingerprint density at radius 1 is 1.09 bits per heavy atom. The molecule has 0 spiro atoms. The number of carbonyl (C=O) groups excluding carboxylic acids is 3. The third-order valence-electron chi connectivity index (χ3n) is 2.95. The molecule has 0 aromatic rings. The normalized spacial score (nSPS) is 14.5. The quantitative estimate of drug-likeness (QED) is 0.268. The number of hydrogen-bond acceptors (Lipinski definition) is 6. The second kappa shape index (κ2) is 10.1. The van der Waals surface area contributed by atoms with Crippen LogP contribution in [0.15, 0.2) is 0 Å². The lowest BCUT2D eigenvalue weighted by molar-refractivity contribution is -0.142. The summed E-state index contributed by atoms with van der Waals surface area (Å²) in [6.45, 7) is 4.38. The van der Waals surface area contributed by atoms with E-state index in [1.54, 1.807) is 13.8 Å². The highest BCUT2D eigenvalue weighted by Crippen LogP contribution is 2.02. The van der Waals surface area contributed by atoms with Crippen molar-refractivity contribution in [2.45, 2.75) is 38.9 Å². The highest BCUT2D eigenvalue weighted by molar-refractivity contribution is 7.80. The number of amides is 3. The molecule has 0 radical (unpaired) electrons. The Balaban J connectivity index is 4.58. The molecule has 0 aliphatic rings. The summed E-state index contributed by atoms with van der Waals surface area (Å²) in [6.07, 6.45) is 0. The molecule has 0 aliphatic carbocycles. The third kappa shape index (κ3) is 7.84. The maximum absolute atomic E-state index is 12.0. The van der Waals surface area contributed by atoms with Crippen LogP contribution in [0.1, 0.15) is 20.8 Å². The van der Waals surface area contributed by atoms with Gasteiger partial charge in [-0.05, 0) is 12.8 Å². The van der Waals surface area contributed by atoms with Gasteiger partial charge in [-0.2, -0.15) is 12.6 Å². The van der Waals surface area contributed by atoms with E-state index in [0.717, 1.165) is 0 Å². The second-order valence-corrected chi connectivity index (χ2v) is 5.73. The number of hydrogen-bond donors (Lipinski definition) is 6. The lowest BCUT2D eigenvalue weighted by Crippen LogP contribution is -2.55. The summed E-state index contributed by atoms with van der Waals surface area (Å²) in [5, 5.41) is 15.9. The Bertz CT molecular complexity index is 458. The second-order valence-electron chi connectivity index (χ2n) is 5.36. The van der Waals surface area contributed by atoms with Gasteiger partial charge in [0.2, 0.25) is 17.7 Å². The predicted octanol–water partition coefficient (Wildman–Crippen LogP) is -1.91. The first-order valence-corrected chi connectivity index (χ1v) is 7.70. The average molecular weight is 348 g/mol. The van der Waals surface area contributed by atoms with Gasteiger partial charge in [-0.15, -0.1) is 0 Å². The highest BCUT2D eigenvalue weighted by Gasteiger charge is 2.27. The van der Waals surface area contributed by atoms with Crippen LogP contribution >= 0.6 is 12.6 Å². The number of carbonyl (C=O) groups is 4. The number of carboxylic acids is 1. The summed E-state index contributed by atoms with van der Waals surface area (Å²) < 4.78 is 0. The summed E-state index contributed by atoms with van der Waals surface area (Å²) >= 11 is 3.87. The maximum atomic E-state index is 12.0. The van der Waals surface area contributed by atoms with Crippen LogP contribution in [0.4, 0.5) is 0 Å². The molecule has 0 bridgehead atoms. The van der Waals surface area contributed by atoms with Gasteiger partial charge in [0.05, 0.1) is 12.6 Å². The molecule has 10 heteroatoms. The van der Waals surface area contributed by atoms with Gasteiger partial charge in [-0.1, -0.05) is 13.8 Å². The first kappa shape index (κ1) is 21.2. The third-order valence-corrected chi connectivity index (χ3v) is 3.34. The van der Waals surface area contributed by atoms with E-state index >= 15 is 0 Å². The van der Waals surface area contributed by atoms with Gasteiger partial charge in [-0.3, -0.25) is 19.2 Å². The number of aliphatic carboxylic acids is 1. The zero-order valence-corrected chi connectivity index (χ0v) is 14.2. The minimum atomic E-state index is -1.18. The Morgan fingerprint density at radius 2 is 1.65 bits per heavy atom. The number of carboxylic acid groups (broad SMARTS) is 1. The standard InChI is InChI=1S/C13H24N4O5S/c1-6(2)10(12(20)16-7(3)13(21)22)17-9(18)4-15-11(19)8(14)5-23/h6-8,10,23H,4-5,14H2,1-3H3,(H,15,19)(H,16,20)(H,17,18)(H,21,22). The van der Waals surface area contributed by atoms with E-state index in [1.165, 1.54) is 6.92 Å². The van der Waals surface area contributed by atoms with Crippen molar-refractivity contribution in [1.29, 1.82) is 0 Å². The van der Waals surface area contributed by atoms with Crippen molar-refractivity contribution in [3.8, 4) is 0 Å². The van der Waals surface area contributed by atoms with Crippen molar-refractivity contribution in [2.24, 2.45) is 11.7 Å². The van der Waals surface area contributed by atoms with E-state index in [0.29, 0.717) is 0 Å². The Kier molecular flexibility index (Phi) is 9.27. The first-order chi connectivity index (χ1) is 10.6. The van der Waals surface area contributed by atoms with E-state index in [1.807, 2.05) is 0 Å². The number of nitrogens with two attached hydrogens (primary N) is 1. The van der Waals surface area contributed by atoms with Crippen molar-refractivity contribution >= 4 is 36.3 Å². The van der Waals surface area contributed by atoms with Crippen LogP contribution in [0.5, 0.6) is 0 Å². The van der Waals surface area contributed by atoms with Crippen molar-refractivity contribution in [3.05, 3.63) is 0 Å².